The number of rotatable bonds is 7. The van der Waals surface area contributed by atoms with Gasteiger partial charge in [0, 0.05) is 22.5 Å². The van der Waals surface area contributed by atoms with Crippen molar-refractivity contribution in [2.24, 2.45) is 0 Å². The molecule has 0 unspecified atom stereocenters. The predicted molar refractivity (Wildman–Crippen MR) is 253 cm³/mol. The van der Waals surface area contributed by atoms with Gasteiger partial charge in [-0.15, -0.1) is 0 Å². The van der Waals surface area contributed by atoms with Crippen molar-refractivity contribution in [3.8, 4) is 44.5 Å². The molecule has 0 amide bonds. The highest BCUT2D eigenvalue weighted by atomic mass is 15.1. The van der Waals surface area contributed by atoms with Gasteiger partial charge in [-0.3, -0.25) is 0 Å². The first kappa shape index (κ1) is 36.1. The Balaban J connectivity index is 1.18. The van der Waals surface area contributed by atoms with Crippen LogP contribution in [0.4, 0.5) is 17.1 Å². The van der Waals surface area contributed by atoms with E-state index in [9.17, 15) is 0 Å². The van der Waals surface area contributed by atoms with Crippen LogP contribution in [0.1, 0.15) is 67.5 Å². The molecule has 1 heteroatoms. The Bertz CT molecular complexity index is 2990. The van der Waals surface area contributed by atoms with Gasteiger partial charge in [0.25, 0.3) is 0 Å². The van der Waals surface area contributed by atoms with Gasteiger partial charge in [0.2, 0.25) is 0 Å². The maximum Gasteiger partial charge on any atom is 0.0726 e. The monoisotopic (exact) mass is 769 g/mol. The Morgan fingerprint density at radius 3 is 1.58 bits per heavy atom. The van der Waals surface area contributed by atoms with E-state index in [2.05, 4.69) is 233 Å². The highest BCUT2D eigenvalue weighted by molar-refractivity contribution is 6.01. The van der Waals surface area contributed by atoms with Crippen LogP contribution in [0.15, 0.2) is 206 Å². The second kappa shape index (κ2) is 13.8. The van der Waals surface area contributed by atoms with Crippen molar-refractivity contribution in [1.29, 1.82) is 0 Å². The molecule has 0 saturated carbocycles. The minimum Gasteiger partial charge on any atom is -0.310 e. The van der Waals surface area contributed by atoms with E-state index in [1.807, 2.05) is 0 Å². The average molecular weight is 770 g/mol. The summed E-state index contributed by atoms with van der Waals surface area (Å²) in [5.74, 6) is 0. The second-order valence-electron chi connectivity index (χ2n) is 17.0. The number of fused-ring (bicyclic) bond motifs is 11. The standard InChI is InChI=1S/C59H47N/c1-5-18-46-49-35-33-43(37-55(49)58(3,4)51(46)6-2)60(42-31-29-40(30-32-42)39-19-9-7-10-20-39)44-34-36-50-56(38-44)59(52-26-15-13-23-47(52)48-24-14-16-27-53(48)59)54-28-17-25-45(57(50)54)41-21-11-8-12-22-41/h5,7-38H,6H2,1-4H3/b18-5-. The van der Waals surface area contributed by atoms with Crippen molar-refractivity contribution >= 4 is 22.6 Å². The molecular formula is C59H47N. The van der Waals surface area contributed by atoms with Gasteiger partial charge in [-0.05, 0) is 133 Å². The van der Waals surface area contributed by atoms with E-state index in [4.69, 9.17) is 0 Å². The smallest absolute Gasteiger partial charge is 0.0726 e. The molecule has 0 heterocycles. The Morgan fingerprint density at radius 2 is 0.950 bits per heavy atom. The summed E-state index contributed by atoms with van der Waals surface area (Å²) in [6, 6.07) is 70.4. The van der Waals surface area contributed by atoms with E-state index in [1.54, 1.807) is 0 Å². The second-order valence-corrected chi connectivity index (χ2v) is 17.0. The molecule has 0 N–H and O–H groups in total. The largest absolute Gasteiger partial charge is 0.310 e. The minimum atomic E-state index is -0.483. The number of allylic oxidation sites excluding steroid dienone is 4. The van der Waals surface area contributed by atoms with Crippen LogP contribution in [-0.4, -0.2) is 0 Å². The van der Waals surface area contributed by atoms with E-state index < -0.39 is 5.41 Å². The van der Waals surface area contributed by atoms with Gasteiger partial charge in [0.1, 0.15) is 0 Å². The lowest BCUT2D eigenvalue weighted by molar-refractivity contribution is 0.617. The van der Waals surface area contributed by atoms with E-state index in [0.29, 0.717) is 0 Å². The van der Waals surface area contributed by atoms with Crippen molar-refractivity contribution in [2.45, 2.75) is 44.9 Å². The SMILES string of the molecule is C/C=C\C1=C(CC)C(C)(C)c2cc(N(c3ccc(-c4ccccc4)cc3)c3ccc4c(c3)C3(c5ccccc5-c5ccccc53)c3cccc(-c5ccccc5)c3-4)ccc21. The molecule has 0 fully saturated rings. The van der Waals surface area contributed by atoms with Crippen LogP contribution < -0.4 is 4.90 Å². The number of anilines is 3. The van der Waals surface area contributed by atoms with Crippen LogP contribution in [-0.2, 0) is 10.8 Å². The summed E-state index contributed by atoms with van der Waals surface area (Å²) in [4.78, 5) is 2.49. The third-order valence-corrected chi connectivity index (χ3v) is 13.7. The fraction of sp³-hybridized carbons (Fsp3) is 0.119. The zero-order valence-electron chi connectivity index (χ0n) is 34.7. The lowest BCUT2D eigenvalue weighted by Gasteiger charge is -2.32. The zero-order valence-corrected chi connectivity index (χ0v) is 34.7. The van der Waals surface area contributed by atoms with Gasteiger partial charge in [-0.25, -0.2) is 0 Å². The quantitative estimate of drug-likeness (QED) is 0.156. The molecule has 1 nitrogen and oxygen atoms in total. The normalized spacial score (nSPS) is 14.9. The highest BCUT2D eigenvalue weighted by Gasteiger charge is 2.52. The van der Waals surface area contributed by atoms with Gasteiger partial charge in [-0.1, -0.05) is 190 Å². The van der Waals surface area contributed by atoms with Crippen LogP contribution in [0.5, 0.6) is 0 Å². The lowest BCUT2D eigenvalue weighted by atomic mass is 9.70. The predicted octanol–water partition coefficient (Wildman–Crippen LogP) is 15.9. The molecule has 0 atom stereocenters. The number of hydrogen-bond acceptors (Lipinski definition) is 1. The van der Waals surface area contributed by atoms with Crippen molar-refractivity contribution < 1.29 is 0 Å². The van der Waals surface area contributed by atoms with E-state index >= 15 is 0 Å². The molecule has 8 aromatic rings. The lowest BCUT2D eigenvalue weighted by Crippen LogP contribution is -2.26. The van der Waals surface area contributed by atoms with Gasteiger partial charge >= 0.3 is 0 Å². The summed E-state index contributed by atoms with van der Waals surface area (Å²) in [7, 11) is 0. The maximum absolute atomic E-state index is 2.52. The summed E-state index contributed by atoms with van der Waals surface area (Å²) in [5, 5.41) is 0. The molecule has 0 aliphatic heterocycles. The third-order valence-electron chi connectivity index (χ3n) is 13.7. The van der Waals surface area contributed by atoms with Crippen LogP contribution in [0.2, 0.25) is 0 Å². The topological polar surface area (TPSA) is 3.24 Å². The molecular weight excluding hydrogens is 723 g/mol. The maximum atomic E-state index is 2.52. The van der Waals surface area contributed by atoms with E-state index in [0.717, 1.165) is 23.5 Å². The number of benzene rings is 8. The molecule has 3 aliphatic rings. The van der Waals surface area contributed by atoms with Gasteiger partial charge < -0.3 is 4.90 Å². The van der Waals surface area contributed by atoms with Gasteiger partial charge in [-0.2, -0.15) is 0 Å². The molecule has 0 radical (unpaired) electrons. The first-order valence-electron chi connectivity index (χ1n) is 21.4. The number of nitrogens with zero attached hydrogens (tertiary/aromatic N) is 1. The average Bonchev–Trinajstić information content (AvgIpc) is 3.85. The molecule has 0 saturated heterocycles. The fourth-order valence-corrected chi connectivity index (χ4v) is 11.1. The molecule has 1 spiro atoms. The Hall–Kier alpha value is -6.96. The van der Waals surface area contributed by atoms with Crippen molar-refractivity contribution in [2.75, 3.05) is 4.90 Å². The molecule has 0 bridgehead atoms. The molecule has 3 aliphatic carbocycles. The molecule has 60 heavy (non-hydrogen) atoms. The van der Waals surface area contributed by atoms with Crippen molar-refractivity contribution in [3.05, 3.63) is 239 Å². The summed E-state index contributed by atoms with van der Waals surface area (Å²) in [6.45, 7) is 9.23. The molecule has 0 aromatic heterocycles. The van der Waals surface area contributed by atoms with Crippen LogP contribution >= 0.6 is 0 Å². The Morgan fingerprint density at radius 1 is 0.433 bits per heavy atom. The van der Waals surface area contributed by atoms with E-state index in [-0.39, 0.29) is 5.41 Å². The third kappa shape index (κ3) is 5.12. The molecule has 8 aromatic carbocycles. The zero-order chi connectivity index (χ0) is 40.6. The van der Waals surface area contributed by atoms with Gasteiger partial charge in [0.15, 0.2) is 0 Å². The molecule has 11 rings (SSSR count). The summed E-state index contributed by atoms with van der Waals surface area (Å²) < 4.78 is 0. The summed E-state index contributed by atoms with van der Waals surface area (Å²) in [6.07, 6.45) is 5.51. The fourth-order valence-electron chi connectivity index (χ4n) is 11.1. The van der Waals surface area contributed by atoms with Crippen LogP contribution in [0.25, 0.3) is 50.1 Å². The van der Waals surface area contributed by atoms with Crippen molar-refractivity contribution in [1.82, 2.24) is 0 Å². The minimum absolute atomic E-state index is 0.0908. The Labute approximate surface area is 354 Å². The first-order chi connectivity index (χ1) is 29.4. The summed E-state index contributed by atoms with van der Waals surface area (Å²) >= 11 is 0. The molecule has 288 valence electrons. The van der Waals surface area contributed by atoms with Crippen LogP contribution in [0, 0.1) is 0 Å². The Kier molecular flexibility index (Phi) is 8.33. The summed E-state index contributed by atoms with van der Waals surface area (Å²) in [5.41, 5.74) is 24.0. The number of hydrogen-bond donors (Lipinski definition) is 0. The van der Waals surface area contributed by atoms with Crippen LogP contribution in [0.3, 0.4) is 0 Å². The van der Waals surface area contributed by atoms with Gasteiger partial charge in [0.05, 0.1) is 5.41 Å². The van der Waals surface area contributed by atoms with E-state index in [1.165, 1.54) is 89.0 Å². The first-order valence-corrected chi connectivity index (χ1v) is 21.4. The highest BCUT2D eigenvalue weighted by Crippen LogP contribution is 2.64. The van der Waals surface area contributed by atoms with Crippen molar-refractivity contribution in [3.63, 3.8) is 0 Å².